The molecule has 34 heavy (non-hydrogen) atoms. The lowest BCUT2D eigenvalue weighted by Gasteiger charge is -2.04. The first-order valence-electron chi connectivity index (χ1n) is 10.9. The third-order valence-corrected chi connectivity index (χ3v) is 6.51. The summed E-state index contributed by atoms with van der Waals surface area (Å²) in [5.41, 5.74) is 5.77. The monoisotopic (exact) mass is 494 g/mol. The molecule has 1 fully saturated rings. The highest BCUT2D eigenvalue weighted by Crippen LogP contribution is 2.40. The zero-order valence-electron chi connectivity index (χ0n) is 18.0. The van der Waals surface area contributed by atoms with Crippen LogP contribution in [0, 0.1) is 0 Å². The van der Waals surface area contributed by atoms with E-state index >= 15 is 0 Å². The maximum Gasteiger partial charge on any atom is 0.273 e. The van der Waals surface area contributed by atoms with Gasteiger partial charge in [0.15, 0.2) is 5.69 Å². The van der Waals surface area contributed by atoms with Crippen LogP contribution in [0.1, 0.15) is 51.8 Å². The van der Waals surface area contributed by atoms with Crippen LogP contribution in [0.15, 0.2) is 49.3 Å². The number of aromatic nitrogens is 7. The Morgan fingerprint density at radius 2 is 2.06 bits per heavy atom. The number of halogens is 2. The predicted molar refractivity (Wildman–Crippen MR) is 127 cm³/mol. The van der Waals surface area contributed by atoms with Crippen molar-refractivity contribution in [2.45, 2.75) is 37.7 Å². The summed E-state index contributed by atoms with van der Waals surface area (Å²) in [6.45, 7) is 0.645. The number of nitrogens with zero attached hydrogens (tertiary/aromatic N) is 7. The molecule has 0 radical (unpaired) electrons. The van der Waals surface area contributed by atoms with E-state index in [0.717, 1.165) is 22.4 Å². The number of hydrogen-bond donors (Lipinski definition) is 1. The van der Waals surface area contributed by atoms with Gasteiger partial charge in [0.2, 0.25) is 0 Å². The predicted octanol–water partition coefficient (Wildman–Crippen LogP) is 3.82. The van der Waals surface area contributed by atoms with Gasteiger partial charge in [0, 0.05) is 29.2 Å². The van der Waals surface area contributed by atoms with Gasteiger partial charge in [-0.3, -0.25) is 4.79 Å². The van der Waals surface area contributed by atoms with Gasteiger partial charge in [-0.05, 0) is 42.5 Å². The maximum atomic E-state index is 12.6. The van der Waals surface area contributed by atoms with Crippen molar-refractivity contribution in [1.29, 1.82) is 0 Å². The van der Waals surface area contributed by atoms with E-state index in [2.05, 4.69) is 32.9 Å². The molecule has 0 saturated heterocycles. The molecule has 11 heteroatoms. The molecule has 5 aromatic heterocycles. The minimum atomic E-state index is -0.331. The Kier molecular flexibility index (Phi) is 5.23. The van der Waals surface area contributed by atoms with Gasteiger partial charge in [0.25, 0.3) is 5.91 Å². The largest absolute Gasteiger partial charge is 0.345 e. The second-order valence-corrected chi connectivity index (χ2v) is 9.19. The summed E-state index contributed by atoms with van der Waals surface area (Å²) in [4.78, 5) is 21.7. The van der Waals surface area contributed by atoms with Crippen LogP contribution in [0.25, 0.3) is 11.2 Å². The molecule has 1 aliphatic rings. The third kappa shape index (κ3) is 4.01. The quantitative estimate of drug-likeness (QED) is 0.347. The summed E-state index contributed by atoms with van der Waals surface area (Å²) in [5.74, 6) is 0.709. The van der Waals surface area contributed by atoms with E-state index in [1.807, 2.05) is 27.3 Å². The smallest absolute Gasteiger partial charge is 0.273 e. The molecule has 172 valence electrons. The molecule has 1 saturated carbocycles. The molecule has 0 aliphatic heterocycles. The van der Waals surface area contributed by atoms with E-state index in [0.29, 0.717) is 29.1 Å². The Hall–Kier alpha value is -3.43. The average Bonchev–Trinajstić information content (AvgIpc) is 3.25. The van der Waals surface area contributed by atoms with Crippen molar-refractivity contribution < 1.29 is 4.79 Å². The number of nitrogens with one attached hydrogen (secondary N) is 1. The molecule has 1 amide bonds. The van der Waals surface area contributed by atoms with Crippen LogP contribution in [0.5, 0.6) is 0 Å². The van der Waals surface area contributed by atoms with Crippen molar-refractivity contribution in [3.63, 3.8) is 0 Å². The summed E-state index contributed by atoms with van der Waals surface area (Å²) < 4.78 is 5.49. The van der Waals surface area contributed by atoms with Crippen LogP contribution >= 0.6 is 23.2 Å². The number of pyridine rings is 2. The van der Waals surface area contributed by atoms with E-state index < -0.39 is 0 Å². The third-order valence-electron chi connectivity index (χ3n) is 5.98. The summed E-state index contributed by atoms with van der Waals surface area (Å²) in [5, 5.41) is 11.6. The second-order valence-electron chi connectivity index (χ2n) is 8.48. The number of alkyl halides is 1. The van der Waals surface area contributed by atoms with E-state index in [-0.39, 0.29) is 18.1 Å². The minimum absolute atomic E-state index is 0.225. The fraction of sp³-hybridized carbons (Fsp3) is 0.261. The lowest BCUT2D eigenvalue weighted by Crippen LogP contribution is -2.23. The molecule has 0 spiro atoms. The zero-order valence-corrected chi connectivity index (χ0v) is 19.5. The molecule has 6 rings (SSSR count). The van der Waals surface area contributed by atoms with Gasteiger partial charge >= 0.3 is 0 Å². The molecular weight excluding hydrogens is 475 g/mol. The van der Waals surface area contributed by atoms with Gasteiger partial charge in [-0.25, -0.2) is 14.6 Å². The van der Waals surface area contributed by atoms with Gasteiger partial charge in [0.05, 0.1) is 48.4 Å². The van der Waals surface area contributed by atoms with E-state index in [1.165, 1.54) is 18.4 Å². The number of amides is 1. The fourth-order valence-corrected chi connectivity index (χ4v) is 4.47. The number of hydrogen-bond acceptors (Lipinski definition) is 5. The highest BCUT2D eigenvalue weighted by molar-refractivity contribution is 6.30. The highest BCUT2D eigenvalue weighted by atomic mass is 35.5. The molecular formula is C23H20Cl2N8O. The molecule has 1 N–H and O–H groups in total. The van der Waals surface area contributed by atoms with E-state index in [9.17, 15) is 4.79 Å². The Bertz CT molecular complexity index is 1530. The SMILES string of the molecule is O=C(NCc1ncn2ccc(Cl)cc12)c1cn(Cc2cn3cc(C4CC4)cc(CCl)c3n2)nn1. The van der Waals surface area contributed by atoms with Crippen LogP contribution in [-0.2, 0) is 19.0 Å². The standard InChI is InChI=1S/C23H20Cl2N8O/c24-7-15-5-16(14-1-2-14)9-32-10-18(28-22(15)32)11-33-12-20(29-30-33)23(34)26-8-19-21-6-17(25)3-4-31(21)13-27-19/h3-6,9-10,12-14H,1-2,7-8,11H2,(H,26,34). The zero-order chi connectivity index (χ0) is 23.2. The number of rotatable bonds is 7. The average molecular weight is 495 g/mol. The van der Waals surface area contributed by atoms with Crippen LogP contribution in [-0.4, -0.2) is 39.7 Å². The van der Waals surface area contributed by atoms with Crippen molar-refractivity contribution >= 4 is 40.3 Å². The van der Waals surface area contributed by atoms with Crippen molar-refractivity contribution in [1.82, 2.24) is 39.1 Å². The summed E-state index contributed by atoms with van der Waals surface area (Å²) in [7, 11) is 0. The first-order chi connectivity index (χ1) is 16.6. The molecule has 9 nitrogen and oxygen atoms in total. The lowest BCUT2D eigenvalue weighted by atomic mass is 10.1. The topological polar surface area (TPSA) is 94.4 Å². The number of fused-ring (bicyclic) bond motifs is 2. The van der Waals surface area contributed by atoms with Crippen LogP contribution in [0.2, 0.25) is 5.02 Å². The number of carbonyl (C=O) groups is 1. The van der Waals surface area contributed by atoms with E-state index in [1.54, 1.807) is 23.3 Å². The Balaban J connectivity index is 1.16. The molecule has 0 bridgehead atoms. The van der Waals surface area contributed by atoms with Gasteiger partial charge < -0.3 is 14.1 Å². The van der Waals surface area contributed by atoms with Crippen LogP contribution < -0.4 is 5.32 Å². The molecule has 5 heterocycles. The molecule has 0 aromatic carbocycles. The Labute approximate surface area is 204 Å². The van der Waals surface area contributed by atoms with Crippen molar-refractivity contribution in [2.24, 2.45) is 0 Å². The summed E-state index contributed by atoms with van der Waals surface area (Å²) in [6, 6.07) is 5.75. The fourth-order valence-electron chi connectivity index (χ4n) is 4.11. The highest BCUT2D eigenvalue weighted by Gasteiger charge is 2.25. The number of carbonyl (C=O) groups excluding carboxylic acids is 1. The molecule has 5 aromatic rings. The van der Waals surface area contributed by atoms with Gasteiger partial charge in [-0.2, -0.15) is 0 Å². The van der Waals surface area contributed by atoms with Crippen LogP contribution in [0.3, 0.4) is 0 Å². The molecule has 0 atom stereocenters. The lowest BCUT2D eigenvalue weighted by molar-refractivity contribution is 0.0945. The maximum absolute atomic E-state index is 12.6. The Morgan fingerprint density at radius 3 is 2.88 bits per heavy atom. The normalized spacial score (nSPS) is 13.7. The summed E-state index contributed by atoms with van der Waals surface area (Å²) in [6.07, 6.45) is 11.7. The first kappa shape index (κ1) is 21.1. The van der Waals surface area contributed by atoms with E-state index in [4.69, 9.17) is 28.2 Å². The second kappa shape index (κ2) is 8.41. The van der Waals surface area contributed by atoms with Gasteiger partial charge in [-0.1, -0.05) is 16.8 Å². The summed E-state index contributed by atoms with van der Waals surface area (Å²) >= 11 is 12.3. The van der Waals surface area contributed by atoms with Gasteiger partial charge in [-0.15, -0.1) is 16.7 Å². The van der Waals surface area contributed by atoms with Gasteiger partial charge in [0.1, 0.15) is 5.65 Å². The number of imidazole rings is 2. The minimum Gasteiger partial charge on any atom is -0.345 e. The molecule has 0 unspecified atom stereocenters. The van der Waals surface area contributed by atoms with Crippen molar-refractivity contribution in [3.05, 3.63) is 82.5 Å². The van der Waals surface area contributed by atoms with Crippen LogP contribution in [0.4, 0.5) is 0 Å². The van der Waals surface area contributed by atoms with Crippen molar-refractivity contribution in [3.8, 4) is 0 Å². The first-order valence-corrected chi connectivity index (χ1v) is 11.8. The van der Waals surface area contributed by atoms with Crippen molar-refractivity contribution in [2.75, 3.05) is 0 Å². The Morgan fingerprint density at radius 1 is 1.18 bits per heavy atom. The molecule has 1 aliphatic carbocycles.